The molecule has 0 aromatic heterocycles. The summed E-state index contributed by atoms with van der Waals surface area (Å²) in [4.78, 5) is 10.7. The molecule has 2 nitrogen and oxygen atoms in total. The van der Waals surface area contributed by atoms with Crippen LogP contribution in [-0.2, 0) is 11.2 Å². The van der Waals surface area contributed by atoms with Crippen LogP contribution in [0.5, 0.6) is 5.75 Å². The molecule has 1 rings (SSSR count). The lowest BCUT2D eigenvalue weighted by molar-refractivity contribution is -0.116. The Morgan fingerprint density at radius 3 is 2.77 bits per heavy atom. The monoisotopic (exact) mass is 246 g/mol. The van der Waals surface area contributed by atoms with Crippen molar-refractivity contribution < 1.29 is 14.3 Å². The molecule has 0 radical (unpaired) electrons. The lowest BCUT2D eigenvalue weighted by Crippen LogP contribution is -2.00. The van der Waals surface area contributed by atoms with Crippen LogP contribution in [0.25, 0.3) is 0 Å². The first-order valence-corrected chi connectivity index (χ1v) is 4.47. The van der Waals surface area contributed by atoms with E-state index in [0.29, 0.717) is 4.47 Å². The molecule has 1 N–H and O–H groups in total. The molecule has 1 aromatic rings. The van der Waals surface area contributed by atoms with E-state index in [1.165, 1.54) is 19.1 Å². The molecule has 1 aromatic carbocycles. The van der Waals surface area contributed by atoms with Gasteiger partial charge in [-0.05, 0) is 35.0 Å². The van der Waals surface area contributed by atoms with Crippen molar-refractivity contribution in [3.05, 3.63) is 28.0 Å². The number of ketones is 1. The first-order chi connectivity index (χ1) is 6.02. The number of Topliss-reactive ketones (excluding diaryl/α,β-unsaturated/α-hetero) is 1. The maximum atomic E-state index is 13.1. The summed E-state index contributed by atoms with van der Waals surface area (Å²) < 4.78 is 13.5. The predicted molar refractivity (Wildman–Crippen MR) is 50.1 cm³/mol. The minimum absolute atomic E-state index is 0.0434. The highest BCUT2D eigenvalue weighted by Crippen LogP contribution is 2.29. The normalized spacial score (nSPS) is 10.1. The average Bonchev–Trinajstić information content (AvgIpc) is 2.05. The maximum Gasteiger partial charge on any atom is 0.136 e. The van der Waals surface area contributed by atoms with E-state index in [-0.39, 0.29) is 23.5 Å². The van der Waals surface area contributed by atoms with E-state index in [9.17, 15) is 14.3 Å². The smallest absolute Gasteiger partial charge is 0.136 e. The van der Waals surface area contributed by atoms with Crippen LogP contribution < -0.4 is 0 Å². The molecule has 13 heavy (non-hydrogen) atoms. The zero-order valence-corrected chi connectivity index (χ0v) is 8.56. The van der Waals surface area contributed by atoms with Crippen LogP contribution >= 0.6 is 15.9 Å². The first kappa shape index (κ1) is 10.2. The van der Waals surface area contributed by atoms with Gasteiger partial charge < -0.3 is 5.11 Å². The molecule has 4 heteroatoms. The first-order valence-electron chi connectivity index (χ1n) is 3.67. The molecule has 0 atom stereocenters. The fraction of sp³-hybridized carbons (Fsp3) is 0.222. The van der Waals surface area contributed by atoms with Gasteiger partial charge >= 0.3 is 0 Å². The number of hydrogen-bond acceptors (Lipinski definition) is 2. The van der Waals surface area contributed by atoms with E-state index in [1.54, 1.807) is 0 Å². The van der Waals surface area contributed by atoms with Crippen LogP contribution in [0, 0.1) is 5.82 Å². The quantitative estimate of drug-likeness (QED) is 0.871. The van der Waals surface area contributed by atoms with E-state index in [2.05, 4.69) is 15.9 Å². The third-order valence-electron chi connectivity index (χ3n) is 1.60. The lowest BCUT2D eigenvalue weighted by atomic mass is 10.1. The lowest BCUT2D eigenvalue weighted by Gasteiger charge is -2.05. The van der Waals surface area contributed by atoms with Gasteiger partial charge in [-0.25, -0.2) is 4.39 Å². The van der Waals surface area contributed by atoms with Gasteiger partial charge in [-0.15, -0.1) is 0 Å². The number of hydrogen-bond donors (Lipinski definition) is 1. The van der Waals surface area contributed by atoms with Crippen LogP contribution in [0.3, 0.4) is 0 Å². The molecule has 70 valence electrons. The second kappa shape index (κ2) is 3.87. The average molecular weight is 247 g/mol. The molecule has 0 heterocycles. The number of carbonyl (C=O) groups is 1. The van der Waals surface area contributed by atoms with Crippen LogP contribution in [0.1, 0.15) is 12.5 Å². The summed E-state index contributed by atoms with van der Waals surface area (Å²) in [5, 5.41) is 9.39. The predicted octanol–water partition coefficient (Wildman–Crippen LogP) is 2.43. The third kappa shape index (κ3) is 2.28. The SMILES string of the molecule is CC(=O)Cc1c(F)ccc(Br)c1O. The van der Waals surface area contributed by atoms with Gasteiger partial charge in [0.2, 0.25) is 0 Å². The van der Waals surface area contributed by atoms with E-state index >= 15 is 0 Å². The molecule has 0 aliphatic heterocycles. The van der Waals surface area contributed by atoms with Crippen molar-refractivity contribution in [1.82, 2.24) is 0 Å². The standard InChI is InChI=1S/C9H8BrFO2/c1-5(12)4-6-8(11)3-2-7(10)9(6)13/h2-3,13H,4H2,1H3. The van der Waals surface area contributed by atoms with Crippen LogP contribution in [0.2, 0.25) is 0 Å². The minimum atomic E-state index is -0.559. The number of phenols is 1. The number of carbonyl (C=O) groups excluding carboxylic acids is 1. The molecule has 0 spiro atoms. The highest BCUT2D eigenvalue weighted by atomic mass is 79.9. The van der Waals surface area contributed by atoms with Crippen LogP contribution in [-0.4, -0.2) is 10.9 Å². The molecule has 0 amide bonds. The Bertz CT molecular complexity index is 350. The Morgan fingerprint density at radius 1 is 1.62 bits per heavy atom. The van der Waals surface area contributed by atoms with Crippen LogP contribution in [0.15, 0.2) is 16.6 Å². The van der Waals surface area contributed by atoms with Gasteiger partial charge in [-0.1, -0.05) is 0 Å². The fourth-order valence-electron chi connectivity index (χ4n) is 1.00. The second-order valence-electron chi connectivity index (χ2n) is 2.74. The summed E-state index contributed by atoms with van der Waals surface area (Å²) >= 11 is 3.04. The van der Waals surface area contributed by atoms with Gasteiger partial charge in [0.25, 0.3) is 0 Å². The number of phenolic OH excluding ortho intramolecular Hbond substituents is 1. The Balaban J connectivity index is 3.17. The van der Waals surface area contributed by atoms with Gasteiger partial charge in [0, 0.05) is 12.0 Å². The van der Waals surface area contributed by atoms with Crippen molar-refractivity contribution >= 4 is 21.7 Å². The summed E-state index contributed by atoms with van der Waals surface area (Å²) in [5.41, 5.74) is 0.0434. The van der Waals surface area contributed by atoms with E-state index in [1.807, 2.05) is 0 Å². The second-order valence-corrected chi connectivity index (χ2v) is 3.59. The van der Waals surface area contributed by atoms with E-state index in [4.69, 9.17) is 0 Å². The summed E-state index contributed by atoms with van der Waals surface area (Å²) in [6.07, 6.45) is -0.0862. The topological polar surface area (TPSA) is 37.3 Å². The van der Waals surface area contributed by atoms with Crippen molar-refractivity contribution in [2.75, 3.05) is 0 Å². The van der Waals surface area contributed by atoms with E-state index < -0.39 is 5.82 Å². The van der Waals surface area contributed by atoms with Crippen molar-refractivity contribution in [3.8, 4) is 5.75 Å². The number of aromatic hydroxyl groups is 1. The molecule has 0 saturated carbocycles. The molecule has 0 bridgehead atoms. The number of benzene rings is 1. The molecule has 0 aliphatic rings. The molecule has 0 saturated heterocycles. The van der Waals surface area contributed by atoms with Crippen molar-refractivity contribution in [3.63, 3.8) is 0 Å². The largest absolute Gasteiger partial charge is 0.506 e. The van der Waals surface area contributed by atoms with Crippen LogP contribution in [0.4, 0.5) is 4.39 Å². The van der Waals surface area contributed by atoms with Gasteiger partial charge in [-0.2, -0.15) is 0 Å². The van der Waals surface area contributed by atoms with Gasteiger partial charge in [-0.3, -0.25) is 4.79 Å². The zero-order valence-electron chi connectivity index (χ0n) is 6.97. The molecule has 0 fully saturated rings. The minimum Gasteiger partial charge on any atom is -0.506 e. The van der Waals surface area contributed by atoms with Crippen molar-refractivity contribution in [2.24, 2.45) is 0 Å². The van der Waals surface area contributed by atoms with Gasteiger partial charge in [0.1, 0.15) is 17.3 Å². The third-order valence-corrected chi connectivity index (χ3v) is 2.24. The van der Waals surface area contributed by atoms with Gasteiger partial charge in [0.15, 0.2) is 0 Å². The fourth-order valence-corrected chi connectivity index (χ4v) is 1.37. The summed E-state index contributed by atoms with van der Waals surface area (Å²) in [6.45, 7) is 1.35. The molecular formula is C9H8BrFO2. The highest BCUT2D eigenvalue weighted by molar-refractivity contribution is 9.10. The van der Waals surface area contributed by atoms with Crippen molar-refractivity contribution in [2.45, 2.75) is 13.3 Å². The summed E-state index contributed by atoms with van der Waals surface area (Å²) in [5.74, 6) is -0.946. The maximum absolute atomic E-state index is 13.1. The Hall–Kier alpha value is -0.900. The molecule has 0 unspecified atom stereocenters. The zero-order chi connectivity index (χ0) is 10.0. The molecular weight excluding hydrogens is 239 g/mol. The summed E-state index contributed by atoms with van der Waals surface area (Å²) in [7, 11) is 0. The number of halogens is 2. The van der Waals surface area contributed by atoms with Crippen molar-refractivity contribution in [1.29, 1.82) is 0 Å². The van der Waals surface area contributed by atoms with E-state index in [0.717, 1.165) is 0 Å². The highest BCUT2D eigenvalue weighted by Gasteiger charge is 2.12. The Kier molecular flexibility index (Phi) is 3.03. The Labute approximate surface area is 83.5 Å². The number of rotatable bonds is 2. The summed E-state index contributed by atoms with van der Waals surface area (Å²) in [6, 6.07) is 2.61. The molecule has 0 aliphatic carbocycles. The van der Waals surface area contributed by atoms with Gasteiger partial charge in [0.05, 0.1) is 4.47 Å². The Morgan fingerprint density at radius 2 is 2.23 bits per heavy atom.